The van der Waals surface area contributed by atoms with Crippen molar-refractivity contribution < 1.29 is 9.53 Å². The fraction of sp³-hybridized carbons (Fsp3) is 0.320. The maximum atomic E-state index is 12.1. The van der Waals surface area contributed by atoms with Crippen molar-refractivity contribution in [2.75, 3.05) is 6.54 Å². The van der Waals surface area contributed by atoms with Crippen molar-refractivity contribution >= 4 is 38.0 Å². The second-order valence-electron chi connectivity index (χ2n) is 8.17. The Kier molecular flexibility index (Phi) is 7.41. The Labute approximate surface area is 185 Å². The van der Waals surface area contributed by atoms with Crippen molar-refractivity contribution in [3.05, 3.63) is 76.4 Å². The molecule has 0 radical (unpaired) electrons. The SMILES string of the molecule is C[Se]/C=C/c1c(CCNC(=O)OC(C)(C)C)c2ccccc2n1Cc1ccccc1. The van der Waals surface area contributed by atoms with E-state index in [1.54, 1.807) is 0 Å². The van der Waals surface area contributed by atoms with Crippen LogP contribution in [0.3, 0.4) is 0 Å². The molecule has 0 spiro atoms. The molecule has 1 aromatic heterocycles. The molecular formula is C25H30N2O2Se. The van der Waals surface area contributed by atoms with Crippen molar-refractivity contribution in [2.45, 2.75) is 45.2 Å². The Morgan fingerprint density at radius 2 is 1.80 bits per heavy atom. The molecule has 0 saturated carbocycles. The van der Waals surface area contributed by atoms with Gasteiger partial charge in [0.15, 0.2) is 0 Å². The van der Waals surface area contributed by atoms with Gasteiger partial charge < -0.3 is 0 Å². The average Bonchev–Trinajstić information content (AvgIpc) is 2.99. The molecule has 0 fully saturated rings. The standard InChI is InChI=1S/C25H30N2O2Se/c1-25(2,3)29-24(28)26-16-14-21-20-12-8-9-13-22(20)27(23(21)15-17-30-4)18-19-10-6-5-7-11-19/h5-13,15,17H,14,16,18H2,1-4H3,(H,26,28)/b17-15+. The molecule has 3 aromatic rings. The zero-order valence-corrected chi connectivity index (χ0v) is 19.9. The van der Waals surface area contributed by atoms with Gasteiger partial charge in [-0.25, -0.2) is 0 Å². The first kappa shape index (κ1) is 22.2. The molecule has 0 aliphatic carbocycles. The summed E-state index contributed by atoms with van der Waals surface area (Å²) in [6.45, 7) is 6.97. The number of rotatable bonds is 7. The summed E-state index contributed by atoms with van der Waals surface area (Å²) in [5, 5.41) is 4.14. The summed E-state index contributed by atoms with van der Waals surface area (Å²) in [7, 11) is 0. The van der Waals surface area contributed by atoms with Crippen molar-refractivity contribution in [3.63, 3.8) is 0 Å². The van der Waals surface area contributed by atoms with Gasteiger partial charge in [0.05, 0.1) is 0 Å². The van der Waals surface area contributed by atoms with Gasteiger partial charge in [0.1, 0.15) is 0 Å². The van der Waals surface area contributed by atoms with Crippen LogP contribution in [0.5, 0.6) is 0 Å². The summed E-state index contributed by atoms with van der Waals surface area (Å²) in [5.74, 6) is 2.21. The summed E-state index contributed by atoms with van der Waals surface area (Å²) >= 11 is 0.445. The van der Waals surface area contributed by atoms with E-state index in [-0.39, 0.29) is 6.09 Å². The third kappa shape index (κ3) is 5.78. The van der Waals surface area contributed by atoms with E-state index in [9.17, 15) is 4.79 Å². The van der Waals surface area contributed by atoms with Crippen LogP contribution in [0.2, 0.25) is 5.82 Å². The van der Waals surface area contributed by atoms with Crippen LogP contribution in [0.15, 0.2) is 59.6 Å². The van der Waals surface area contributed by atoms with Crippen molar-refractivity contribution in [2.24, 2.45) is 0 Å². The molecule has 0 saturated heterocycles. The molecular weight excluding hydrogens is 439 g/mol. The van der Waals surface area contributed by atoms with E-state index in [1.165, 1.54) is 27.7 Å². The number of benzene rings is 2. The fourth-order valence-electron chi connectivity index (χ4n) is 3.52. The van der Waals surface area contributed by atoms with E-state index in [0.717, 1.165) is 13.0 Å². The van der Waals surface area contributed by atoms with Crippen LogP contribution in [0.25, 0.3) is 17.0 Å². The molecule has 0 unspecified atom stereocenters. The van der Waals surface area contributed by atoms with Gasteiger partial charge in [-0.3, -0.25) is 0 Å². The predicted octanol–water partition coefficient (Wildman–Crippen LogP) is 5.48. The zero-order valence-electron chi connectivity index (χ0n) is 18.1. The Balaban J connectivity index is 1.92. The second kappa shape index (κ2) is 10.0. The third-order valence-electron chi connectivity index (χ3n) is 4.71. The van der Waals surface area contributed by atoms with E-state index < -0.39 is 5.60 Å². The van der Waals surface area contributed by atoms with Gasteiger partial charge >= 0.3 is 186 Å². The molecule has 0 bridgehead atoms. The molecule has 0 aliphatic rings. The average molecular weight is 469 g/mol. The quantitative estimate of drug-likeness (QED) is 0.466. The monoisotopic (exact) mass is 470 g/mol. The van der Waals surface area contributed by atoms with Crippen LogP contribution in [-0.2, 0) is 17.7 Å². The summed E-state index contributed by atoms with van der Waals surface area (Å²) < 4.78 is 7.76. The molecule has 30 heavy (non-hydrogen) atoms. The van der Waals surface area contributed by atoms with Crippen LogP contribution in [0.1, 0.15) is 37.6 Å². The Morgan fingerprint density at radius 3 is 2.50 bits per heavy atom. The van der Waals surface area contributed by atoms with Gasteiger partial charge in [0, 0.05) is 0 Å². The van der Waals surface area contributed by atoms with E-state index in [4.69, 9.17) is 4.74 Å². The molecule has 0 aliphatic heterocycles. The third-order valence-corrected chi connectivity index (χ3v) is 5.57. The number of nitrogens with one attached hydrogen (secondary N) is 1. The number of alkyl carbamates (subject to hydrolysis) is 1. The van der Waals surface area contributed by atoms with Crippen molar-refractivity contribution in [1.29, 1.82) is 0 Å². The molecule has 1 N–H and O–H groups in total. The molecule has 4 nitrogen and oxygen atoms in total. The Bertz CT molecular complexity index is 1020. The number of hydrogen-bond donors (Lipinski definition) is 1. The molecule has 158 valence electrons. The number of amides is 1. The van der Waals surface area contributed by atoms with Gasteiger partial charge in [0.25, 0.3) is 0 Å². The van der Waals surface area contributed by atoms with E-state index in [2.05, 4.69) is 75.3 Å². The first-order valence-electron chi connectivity index (χ1n) is 10.2. The number of aromatic nitrogens is 1. The topological polar surface area (TPSA) is 43.3 Å². The number of nitrogens with zero attached hydrogens (tertiary/aromatic N) is 1. The van der Waals surface area contributed by atoms with Gasteiger partial charge in [-0.05, 0) is 0 Å². The van der Waals surface area contributed by atoms with Gasteiger partial charge in [-0.1, -0.05) is 0 Å². The summed E-state index contributed by atoms with van der Waals surface area (Å²) in [6.07, 6.45) is 2.62. The van der Waals surface area contributed by atoms with Crippen molar-refractivity contribution in [1.82, 2.24) is 9.88 Å². The van der Waals surface area contributed by atoms with Gasteiger partial charge in [0.2, 0.25) is 0 Å². The van der Waals surface area contributed by atoms with Gasteiger partial charge in [-0.15, -0.1) is 0 Å². The number of carbonyl (C=O) groups is 1. The van der Waals surface area contributed by atoms with Crippen LogP contribution in [-0.4, -0.2) is 37.8 Å². The minimum absolute atomic E-state index is 0.371. The van der Waals surface area contributed by atoms with E-state index in [0.29, 0.717) is 21.5 Å². The van der Waals surface area contributed by atoms with Crippen LogP contribution < -0.4 is 5.32 Å². The molecule has 2 aromatic carbocycles. The Morgan fingerprint density at radius 1 is 1.10 bits per heavy atom. The molecule has 1 amide bonds. The molecule has 5 heteroatoms. The number of carbonyl (C=O) groups excluding carboxylic acids is 1. The first-order chi connectivity index (χ1) is 14.4. The Hall–Kier alpha value is -2.49. The first-order valence-corrected chi connectivity index (χ1v) is 12.9. The number of para-hydroxylation sites is 1. The van der Waals surface area contributed by atoms with Crippen LogP contribution >= 0.6 is 0 Å². The summed E-state index contributed by atoms with van der Waals surface area (Å²) in [4.78, 5) is 14.3. The predicted molar refractivity (Wildman–Crippen MR) is 126 cm³/mol. The van der Waals surface area contributed by atoms with Crippen LogP contribution in [0.4, 0.5) is 4.79 Å². The van der Waals surface area contributed by atoms with Crippen LogP contribution in [0, 0.1) is 0 Å². The molecule has 0 atom stereocenters. The molecule has 1 heterocycles. The fourth-order valence-corrected chi connectivity index (χ4v) is 4.08. The van der Waals surface area contributed by atoms with Gasteiger partial charge in [-0.2, -0.15) is 0 Å². The van der Waals surface area contributed by atoms with E-state index in [1.807, 2.05) is 26.8 Å². The van der Waals surface area contributed by atoms with E-state index >= 15 is 0 Å². The van der Waals surface area contributed by atoms with Crippen molar-refractivity contribution in [3.8, 4) is 0 Å². The number of hydrogen-bond acceptors (Lipinski definition) is 2. The minimum atomic E-state index is -0.493. The summed E-state index contributed by atoms with van der Waals surface area (Å²) in [5.41, 5.74) is 4.48. The maximum absolute atomic E-state index is 12.1. The number of fused-ring (bicyclic) bond motifs is 1. The number of ether oxygens (including phenoxy) is 1. The molecule has 3 rings (SSSR count). The zero-order chi connectivity index (χ0) is 21.6. The normalized spacial score (nSPS) is 11.9. The second-order valence-corrected chi connectivity index (χ2v) is 9.73. The summed E-state index contributed by atoms with van der Waals surface area (Å²) in [6, 6.07) is 19.1.